The summed E-state index contributed by atoms with van der Waals surface area (Å²) in [6.07, 6.45) is 1.98. The molecule has 0 aliphatic rings. The van der Waals surface area contributed by atoms with Crippen molar-refractivity contribution in [2.45, 2.75) is 45.3 Å². The van der Waals surface area contributed by atoms with E-state index in [1.165, 1.54) is 18.3 Å². The van der Waals surface area contributed by atoms with E-state index in [9.17, 15) is 13.2 Å². The van der Waals surface area contributed by atoms with E-state index >= 15 is 0 Å². The van der Waals surface area contributed by atoms with E-state index in [0.29, 0.717) is 12.8 Å². The Kier molecular flexibility index (Phi) is 6.70. The van der Waals surface area contributed by atoms with Crippen molar-refractivity contribution in [3.05, 3.63) is 0 Å². The highest BCUT2D eigenvalue weighted by Crippen LogP contribution is 2.17. The molecule has 2 atom stereocenters. The summed E-state index contributed by atoms with van der Waals surface area (Å²) in [5.41, 5.74) is 0. The van der Waals surface area contributed by atoms with Crippen molar-refractivity contribution >= 4 is 16.0 Å². The number of carboxylic acids is 1. The maximum Gasteiger partial charge on any atom is 0.307 e. The van der Waals surface area contributed by atoms with Crippen LogP contribution in [0.4, 0.5) is 0 Å². The van der Waals surface area contributed by atoms with Gasteiger partial charge in [0, 0.05) is 13.6 Å². The summed E-state index contributed by atoms with van der Waals surface area (Å²) in [5.74, 6) is -1.66. The number of sulfonamides is 1. The van der Waals surface area contributed by atoms with Crippen molar-refractivity contribution < 1.29 is 18.3 Å². The molecule has 0 bridgehead atoms. The van der Waals surface area contributed by atoms with Crippen LogP contribution < -0.4 is 0 Å². The molecule has 0 amide bonds. The van der Waals surface area contributed by atoms with Gasteiger partial charge in [-0.3, -0.25) is 4.79 Å². The first-order valence-corrected chi connectivity index (χ1v) is 7.45. The van der Waals surface area contributed by atoms with Crippen LogP contribution >= 0.6 is 0 Å². The molecule has 0 aromatic rings. The Hall–Kier alpha value is -0.620. The largest absolute Gasteiger partial charge is 0.481 e. The summed E-state index contributed by atoms with van der Waals surface area (Å²) in [4.78, 5) is 10.7. The van der Waals surface area contributed by atoms with Gasteiger partial charge in [-0.1, -0.05) is 27.2 Å². The van der Waals surface area contributed by atoms with Gasteiger partial charge in [0.2, 0.25) is 10.0 Å². The molecule has 0 aliphatic heterocycles. The van der Waals surface area contributed by atoms with Gasteiger partial charge >= 0.3 is 5.97 Å². The van der Waals surface area contributed by atoms with Crippen molar-refractivity contribution in [3.8, 4) is 0 Å². The average Bonchev–Trinajstić information content (AvgIpc) is 2.24. The minimum absolute atomic E-state index is 0.0257. The second kappa shape index (κ2) is 6.96. The Morgan fingerprint density at radius 1 is 1.35 bits per heavy atom. The van der Waals surface area contributed by atoms with Gasteiger partial charge in [0.25, 0.3) is 0 Å². The van der Waals surface area contributed by atoms with Crippen LogP contribution in [0, 0.1) is 5.92 Å². The molecular weight excluding hydrogens is 242 g/mol. The Morgan fingerprint density at radius 2 is 1.88 bits per heavy atom. The molecular formula is C11H23NO4S. The van der Waals surface area contributed by atoms with E-state index < -0.39 is 27.2 Å². The molecule has 102 valence electrons. The Morgan fingerprint density at radius 3 is 2.24 bits per heavy atom. The zero-order valence-corrected chi connectivity index (χ0v) is 11.8. The molecule has 5 nitrogen and oxygen atoms in total. The fourth-order valence-electron chi connectivity index (χ4n) is 1.71. The minimum atomic E-state index is -3.37. The van der Waals surface area contributed by atoms with Crippen LogP contribution in [0.1, 0.15) is 40.0 Å². The van der Waals surface area contributed by atoms with Gasteiger partial charge in [-0.15, -0.1) is 0 Å². The smallest absolute Gasteiger partial charge is 0.307 e. The number of carbonyl (C=O) groups is 1. The first kappa shape index (κ1) is 16.4. The van der Waals surface area contributed by atoms with Crippen LogP contribution in [0.3, 0.4) is 0 Å². The fourth-order valence-corrected chi connectivity index (χ4v) is 3.60. The highest BCUT2D eigenvalue weighted by Gasteiger charge is 2.29. The zero-order valence-electron chi connectivity index (χ0n) is 11.0. The van der Waals surface area contributed by atoms with Crippen LogP contribution in [0.2, 0.25) is 0 Å². The second-order valence-corrected chi connectivity index (χ2v) is 6.70. The monoisotopic (exact) mass is 265 g/mol. The van der Waals surface area contributed by atoms with Crippen molar-refractivity contribution in [2.24, 2.45) is 5.92 Å². The van der Waals surface area contributed by atoms with Gasteiger partial charge in [-0.05, 0) is 12.8 Å². The molecule has 0 fully saturated rings. The lowest BCUT2D eigenvalue weighted by atomic mass is 10.2. The van der Waals surface area contributed by atoms with E-state index in [0.717, 1.165) is 6.42 Å². The molecule has 0 spiro atoms. The van der Waals surface area contributed by atoms with E-state index in [-0.39, 0.29) is 6.54 Å². The predicted octanol–water partition coefficient (Wildman–Crippen LogP) is 1.55. The lowest BCUT2D eigenvalue weighted by molar-refractivity contribution is -0.141. The fraction of sp³-hybridized carbons (Fsp3) is 0.909. The predicted molar refractivity (Wildman–Crippen MR) is 67.3 cm³/mol. The lowest BCUT2D eigenvalue weighted by Gasteiger charge is -2.24. The van der Waals surface area contributed by atoms with Crippen LogP contribution in [0.25, 0.3) is 0 Å². The lowest BCUT2D eigenvalue weighted by Crippen LogP contribution is -2.39. The number of nitrogens with zero attached hydrogens (tertiary/aromatic N) is 1. The maximum absolute atomic E-state index is 12.1. The summed E-state index contributed by atoms with van der Waals surface area (Å²) in [7, 11) is -1.92. The number of hydrogen-bond donors (Lipinski definition) is 1. The van der Waals surface area contributed by atoms with Crippen molar-refractivity contribution in [1.82, 2.24) is 4.31 Å². The molecule has 0 rings (SSSR count). The number of carboxylic acid groups (broad SMARTS) is 1. The van der Waals surface area contributed by atoms with Gasteiger partial charge in [-0.25, -0.2) is 12.7 Å². The van der Waals surface area contributed by atoms with Crippen LogP contribution in [-0.4, -0.2) is 42.6 Å². The summed E-state index contributed by atoms with van der Waals surface area (Å²) in [6.45, 7) is 5.32. The van der Waals surface area contributed by atoms with E-state index in [1.54, 1.807) is 0 Å². The molecule has 0 aromatic heterocycles. The van der Waals surface area contributed by atoms with Crippen molar-refractivity contribution in [2.75, 3.05) is 13.6 Å². The first-order valence-electron chi connectivity index (χ1n) is 5.95. The Balaban J connectivity index is 4.74. The van der Waals surface area contributed by atoms with E-state index in [4.69, 9.17) is 5.11 Å². The van der Waals surface area contributed by atoms with Gasteiger partial charge in [0.1, 0.15) is 0 Å². The van der Waals surface area contributed by atoms with Crippen molar-refractivity contribution in [1.29, 1.82) is 0 Å². The topological polar surface area (TPSA) is 74.7 Å². The third-order valence-electron chi connectivity index (χ3n) is 2.87. The molecule has 0 radical (unpaired) electrons. The van der Waals surface area contributed by atoms with Gasteiger partial charge < -0.3 is 5.11 Å². The first-order chi connectivity index (χ1) is 7.77. The molecule has 0 saturated heterocycles. The minimum Gasteiger partial charge on any atom is -0.481 e. The SMILES string of the molecule is CCCC(CC)S(=O)(=O)N(C)CC(C)C(=O)O. The van der Waals surface area contributed by atoms with Crippen LogP contribution in [-0.2, 0) is 14.8 Å². The summed E-state index contributed by atoms with van der Waals surface area (Å²) < 4.78 is 25.5. The molecule has 0 saturated carbocycles. The molecule has 0 aromatic carbocycles. The standard InChI is InChI=1S/C11H23NO4S/c1-5-7-10(6-2)17(15,16)12(4)8-9(3)11(13)14/h9-10H,5-8H2,1-4H3,(H,13,14). The van der Waals surface area contributed by atoms with Crippen LogP contribution in [0.5, 0.6) is 0 Å². The number of aliphatic carboxylic acids is 1. The summed E-state index contributed by atoms with van der Waals surface area (Å²) >= 11 is 0. The number of rotatable bonds is 8. The van der Waals surface area contributed by atoms with Crippen molar-refractivity contribution in [3.63, 3.8) is 0 Å². The quantitative estimate of drug-likeness (QED) is 0.722. The molecule has 17 heavy (non-hydrogen) atoms. The van der Waals surface area contributed by atoms with Crippen LogP contribution in [0.15, 0.2) is 0 Å². The van der Waals surface area contributed by atoms with Gasteiger partial charge in [-0.2, -0.15) is 0 Å². The van der Waals surface area contributed by atoms with Gasteiger partial charge in [0.05, 0.1) is 11.2 Å². The molecule has 0 heterocycles. The van der Waals surface area contributed by atoms with E-state index in [1.807, 2.05) is 13.8 Å². The summed E-state index contributed by atoms with van der Waals surface area (Å²) in [5, 5.41) is 8.37. The molecule has 2 unspecified atom stereocenters. The van der Waals surface area contributed by atoms with Gasteiger partial charge in [0.15, 0.2) is 0 Å². The summed E-state index contributed by atoms with van der Waals surface area (Å²) in [6, 6.07) is 0. The number of hydrogen-bond acceptors (Lipinski definition) is 3. The highest BCUT2D eigenvalue weighted by molar-refractivity contribution is 7.89. The normalized spacial score (nSPS) is 15.8. The zero-order chi connectivity index (χ0) is 13.6. The Labute approximate surface area is 104 Å². The second-order valence-electron chi connectivity index (χ2n) is 4.38. The highest BCUT2D eigenvalue weighted by atomic mass is 32.2. The third kappa shape index (κ3) is 4.63. The van der Waals surface area contributed by atoms with E-state index in [2.05, 4.69) is 0 Å². The Bertz CT molecular complexity index is 339. The molecule has 6 heteroatoms. The molecule has 0 aliphatic carbocycles. The third-order valence-corrected chi connectivity index (χ3v) is 5.30. The average molecular weight is 265 g/mol. The molecule has 1 N–H and O–H groups in total. The maximum atomic E-state index is 12.1.